The number of thiazole rings is 1. The molecule has 21 heavy (non-hydrogen) atoms. The van der Waals surface area contributed by atoms with Crippen LogP contribution < -0.4 is 10.2 Å². The molecule has 6 heteroatoms. The van der Waals surface area contributed by atoms with Crippen molar-refractivity contribution < 1.29 is 9.47 Å². The summed E-state index contributed by atoms with van der Waals surface area (Å²) < 4.78 is 11.0. The first kappa shape index (κ1) is 15.2. The van der Waals surface area contributed by atoms with Gasteiger partial charge in [0.05, 0.1) is 31.1 Å². The summed E-state index contributed by atoms with van der Waals surface area (Å²) in [5, 5.41) is 4.69. The highest BCUT2D eigenvalue weighted by Gasteiger charge is 2.27. The predicted molar refractivity (Wildman–Crippen MR) is 84.9 cm³/mol. The van der Waals surface area contributed by atoms with Gasteiger partial charge < -0.3 is 19.7 Å². The van der Waals surface area contributed by atoms with Crippen molar-refractivity contribution in [2.75, 3.05) is 25.2 Å². The summed E-state index contributed by atoms with van der Waals surface area (Å²) >= 11 is 1.80. The molecule has 118 valence electrons. The molecule has 2 unspecified atom stereocenters. The van der Waals surface area contributed by atoms with Crippen LogP contribution >= 0.6 is 11.3 Å². The van der Waals surface area contributed by atoms with Crippen LogP contribution in [-0.2, 0) is 22.6 Å². The van der Waals surface area contributed by atoms with Gasteiger partial charge in [-0.25, -0.2) is 4.98 Å². The van der Waals surface area contributed by atoms with E-state index in [9.17, 15) is 0 Å². The van der Waals surface area contributed by atoms with Gasteiger partial charge in [0, 0.05) is 31.1 Å². The maximum Gasteiger partial charge on any atom is 0.186 e. The van der Waals surface area contributed by atoms with E-state index in [1.165, 1.54) is 17.7 Å². The van der Waals surface area contributed by atoms with Gasteiger partial charge in [-0.2, -0.15) is 0 Å². The molecule has 1 aromatic rings. The van der Waals surface area contributed by atoms with Crippen LogP contribution in [0, 0.1) is 0 Å². The Balaban J connectivity index is 1.75. The standard InChI is InChI=1S/C15H25N3O2S/c1-10-8-20-11(2)7-18(10)15-17-13(9-19-3)14(21-15)6-16-12-4-5-12/h10-12,16H,4-9H2,1-3H3. The highest BCUT2D eigenvalue weighted by Crippen LogP contribution is 2.31. The fourth-order valence-electron chi connectivity index (χ4n) is 2.57. The monoisotopic (exact) mass is 311 g/mol. The van der Waals surface area contributed by atoms with Crippen LogP contribution in [0.25, 0.3) is 0 Å². The second kappa shape index (κ2) is 6.60. The SMILES string of the molecule is COCc1nc(N2CC(C)OCC2C)sc1CNC1CC1. The molecule has 3 rings (SSSR count). The van der Waals surface area contributed by atoms with Crippen LogP contribution in [0.1, 0.15) is 37.3 Å². The number of hydrogen-bond donors (Lipinski definition) is 1. The molecule has 1 aliphatic heterocycles. The highest BCUT2D eigenvalue weighted by molar-refractivity contribution is 7.15. The summed E-state index contributed by atoms with van der Waals surface area (Å²) in [6.45, 7) is 7.51. The van der Waals surface area contributed by atoms with Crippen molar-refractivity contribution in [1.82, 2.24) is 10.3 Å². The van der Waals surface area contributed by atoms with E-state index in [1.807, 2.05) is 0 Å². The molecular formula is C15H25N3O2S. The largest absolute Gasteiger partial charge is 0.378 e. The molecule has 0 amide bonds. The van der Waals surface area contributed by atoms with Gasteiger partial charge in [0.2, 0.25) is 0 Å². The number of hydrogen-bond acceptors (Lipinski definition) is 6. The molecule has 2 heterocycles. The van der Waals surface area contributed by atoms with Gasteiger partial charge in [-0.05, 0) is 26.7 Å². The van der Waals surface area contributed by atoms with E-state index >= 15 is 0 Å². The van der Waals surface area contributed by atoms with Gasteiger partial charge in [0.1, 0.15) is 0 Å². The van der Waals surface area contributed by atoms with Crippen molar-refractivity contribution in [3.05, 3.63) is 10.6 Å². The first-order chi connectivity index (χ1) is 10.2. The Hall–Kier alpha value is -0.690. The first-order valence-corrected chi connectivity index (χ1v) is 8.58. The molecule has 1 N–H and O–H groups in total. The van der Waals surface area contributed by atoms with Crippen molar-refractivity contribution in [2.45, 2.75) is 58.0 Å². The topological polar surface area (TPSA) is 46.6 Å². The molecule has 2 aliphatic rings. The third-order valence-corrected chi connectivity index (χ3v) is 5.16. The van der Waals surface area contributed by atoms with Crippen LogP contribution in [0.5, 0.6) is 0 Å². The number of methoxy groups -OCH3 is 1. The van der Waals surface area contributed by atoms with Crippen LogP contribution in [0.4, 0.5) is 5.13 Å². The molecule has 0 radical (unpaired) electrons. The summed E-state index contributed by atoms with van der Waals surface area (Å²) in [5.41, 5.74) is 1.08. The maximum absolute atomic E-state index is 5.71. The number of rotatable bonds is 6. The molecule has 1 aromatic heterocycles. The fraction of sp³-hybridized carbons (Fsp3) is 0.800. The van der Waals surface area contributed by atoms with Crippen LogP contribution in [-0.4, -0.2) is 43.4 Å². The number of ether oxygens (including phenoxy) is 2. The Morgan fingerprint density at radius 2 is 2.24 bits per heavy atom. The van der Waals surface area contributed by atoms with Crippen LogP contribution in [0.3, 0.4) is 0 Å². The number of nitrogens with one attached hydrogen (secondary N) is 1. The normalized spacial score (nSPS) is 26.3. The molecule has 0 bridgehead atoms. The molecule has 1 saturated carbocycles. The van der Waals surface area contributed by atoms with Gasteiger partial charge in [0.25, 0.3) is 0 Å². The number of anilines is 1. The summed E-state index contributed by atoms with van der Waals surface area (Å²) in [7, 11) is 1.73. The number of aromatic nitrogens is 1. The van der Waals surface area contributed by atoms with Gasteiger partial charge in [0.15, 0.2) is 5.13 Å². The van der Waals surface area contributed by atoms with Gasteiger partial charge >= 0.3 is 0 Å². The Morgan fingerprint density at radius 1 is 1.43 bits per heavy atom. The molecule has 1 aliphatic carbocycles. The lowest BCUT2D eigenvalue weighted by atomic mass is 10.2. The molecule has 1 saturated heterocycles. The van der Waals surface area contributed by atoms with E-state index in [0.717, 1.165) is 30.5 Å². The predicted octanol–water partition coefficient (Wildman–Crippen LogP) is 2.16. The van der Waals surface area contributed by atoms with Crippen LogP contribution in [0.2, 0.25) is 0 Å². The van der Waals surface area contributed by atoms with E-state index in [0.29, 0.717) is 18.7 Å². The third kappa shape index (κ3) is 3.74. The lowest BCUT2D eigenvalue weighted by Crippen LogP contribution is -2.47. The smallest absolute Gasteiger partial charge is 0.186 e. The van der Waals surface area contributed by atoms with E-state index < -0.39 is 0 Å². The van der Waals surface area contributed by atoms with E-state index in [2.05, 4.69) is 24.1 Å². The molecular weight excluding hydrogens is 286 g/mol. The third-order valence-electron chi connectivity index (χ3n) is 4.03. The lowest BCUT2D eigenvalue weighted by molar-refractivity contribution is 0.0343. The van der Waals surface area contributed by atoms with E-state index in [4.69, 9.17) is 14.5 Å². The summed E-state index contributed by atoms with van der Waals surface area (Å²) in [6.07, 6.45) is 2.89. The van der Waals surface area contributed by atoms with E-state index in [-0.39, 0.29) is 6.10 Å². The quantitative estimate of drug-likeness (QED) is 0.872. The maximum atomic E-state index is 5.71. The zero-order valence-electron chi connectivity index (χ0n) is 13.1. The van der Waals surface area contributed by atoms with Crippen molar-refractivity contribution in [2.24, 2.45) is 0 Å². The van der Waals surface area contributed by atoms with Gasteiger partial charge in [-0.3, -0.25) is 0 Å². The minimum Gasteiger partial charge on any atom is -0.378 e. The molecule has 2 atom stereocenters. The molecule has 0 spiro atoms. The van der Waals surface area contributed by atoms with Crippen molar-refractivity contribution in [3.63, 3.8) is 0 Å². The van der Waals surface area contributed by atoms with Crippen molar-refractivity contribution in [3.8, 4) is 0 Å². The second-order valence-corrected chi connectivity index (χ2v) is 7.16. The molecule has 5 nitrogen and oxygen atoms in total. The second-order valence-electron chi connectivity index (χ2n) is 6.10. The Labute approximate surface area is 130 Å². The fourth-order valence-corrected chi connectivity index (χ4v) is 3.70. The average molecular weight is 311 g/mol. The summed E-state index contributed by atoms with van der Waals surface area (Å²) in [6, 6.07) is 1.10. The zero-order valence-corrected chi connectivity index (χ0v) is 13.9. The lowest BCUT2D eigenvalue weighted by Gasteiger charge is -2.36. The van der Waals surface area contributed by atoms with Crippen molar-refractivity contribution >= 4 is 16.5 Å². The minimum atomic E-state index is 0.268. The Morgan fingerprint density at radius 3 is 2.95 bits per heavy atom. The van der Waals surface area contributed by atoms with Crippen molar-refractivity contribution in [1.29, 1.82) is 0 Å². The Bertz CT molecular complexity index is 475. The van der Waals surface area contributed by atoms with Gasteiger partial charge in [-0.1, -0.05) is 0 Å². The zero-order chi connectivity index (χ0) is 14.8. The van der Waals surface area contributed by atoms with Gasteiger partial charge in [-0.15, -0.1) is 11.3 Å². The number of nitrogens with zero attached hydrogens (tertiary/aromatic N) is 2. The number of morpholine rings is 1. The first-order valence-electron chi connectivity index (χ1n) is 7.76. The summed E-state index contributed by atoms with van der Waals surface area (Å²) in [5.74, 6) is 0. The molecule has 2 fully saturated rings. The Kier molecular flexibility index (Phi) is 4.78. The summed E-state index contributed by atoms with van der Waals surface area (Å²) in [4.78, 5) is 8.51. The van der Waals surface area contributed by atoms with E-state index in [1.54, 1.807) is 18.4 Å². The highest BCUT2D eigenvalue weighted by atomic mass is 32.1. The minimum absolute atomic E-state index is 0.268. The average Bonchev–Trinajstić information content (AvgIpc) is 3.21. The van der Waals surface area contributed by atoms with Crippen LogP contribution in [0.15, 0.2) is 0 Å². The molecule has 0 aromatic carbocycles.